The van der Waals surface area contributed by atoms with E-state index in [2.05, 4.69) is 15.5 Å². The summed E-state index contributed by atoms with van der Waals surface area (Å²) in [7, 11) is 0. The third-order valence-corrected chi connectivity index (χ3v) is 3.53. The zero-order chi connectivity index (χ0) is 13.8. The number of amides is 1. The van der Waals surface area contributed by atoms with Crippen LogP contribution < -0.4 is 5.73 Å². The summed E-state index contributed by atoms with van der Waals surface area (Å²) < 4.78 is 1.69. The molecule has 2 rings (SSSR count). The maximum Gasteiger partial charge on any atom is 0.218 e. The monoisotopic (exact) mass is 277 g/mol. The predicted molar refractivity (Wildman–Crippen MR) is 73.2 cm³/mol. The van der Waals surface area contributed by atoms with Crippen molar-refractivity contribution in [2.45, 2.75) is 25.4 Å². The maximum absolute atomic E-state index is 10.7. The third kappa shape index (κ3) is 3.31. The van der Waals surface area contributed by atoms with Crippen molar-refractivity contribution in [1.29, 1.82) is 0 Å². The van der Waals surface area contributed by atoms with E-state index >= 15 is 0 Å². The first-order valence-corrected chi connectivity index (χ1v) is 6.83. The molecule has 0 atom stereocenters. The number of carbonyl (C=O) groups excluding carboxylic acids is 1. The van der Waals surface area contributed by atoms with Gasteiger partial charge in [0, 0.05) is 12.2 Å². The fraction of sp³-hybridized carbons (Fsp3) is 0.333. The average Bonchev–Trinajstić information content (AvgIpc) is 2.80. The summed E-state index contributed by atoms with van der Waals surface area (Å²) in [6, 6.07) is 6.11. The topological polar surface area (TPSA) is 86.7 Å². The van der Waals surface area contributed by atoms with Crippen LogP contribution in [0.1, 0.15) is 17.5 Å². The summed E-state index contributed by atoms with van der Waals surface area (Å²) in [4.78, 5) is 10.7. The number of carbonyl (C=O) groups is 1. The van der Waals surface area contributed by atoms with Crippen LogP contribution in [0.3, 0.4) is 0 Å². The minimum absolute atomic E-state index is 0.310. The molecule has 0 saturated heterocycles. The van der Waals surface area contributed by atoms with E-state index in [9.17, 15) is 4.79 Å². The van der Waals surface area contributed by atoms with Gasteiger partial charge in [0.1, 0.15) is 0 Å². The maximum atomic E-state index is 10.7. The molecule has 0 spiro atoms. The van der Waals surface area contributed by atoms with Crippen LogP contribution >= 0.6 is 11.8 Å². The molecule has 2 aromatic rings. The Balaban J connectivity index is 2.23. The van der Waals surface area contributed by atoms with Gasteiger partial charge in [0.25, 0.3) is 0 Å². The van der Waals surface area contributed by atoms with Crippen LogP contribution in [-0.4, -0.2) is 31.9 Å². The highest BCUT2D eigenvalue weighted by Crippen LogP contribution is 2.21. The smallest absolute Gasteiger partial charge is 0.218 e. The van der Waals surface area contributed by atoms with Gasteiger partial charge in [-0.3, -0.25) is 4.79 Å². The summed E-state index contributed by atoms with van der Waals surface area (Å²) in [5, 5.41) is 12.3. The molecule has 1 aromatic heterocycles. The van der Waals surface area contributed by atoms with E-state index < -0.39 is 0 Å². The number of rotatable bonds is 5. The number of nitrogens with two attached hydrogens (primary N) is 1. The largest absolute Gasteiger partial charge is 0.370 e. The Bertz CT molecular complexity index is 596. The molecule has 0 radical (unpaired) electrons. The number of benzene rings is 1. The van der Waals surface area contributed by atoms with Crippen molar-refractivity contribution < 1.29 is 4.79 Å². The number of thioether (sulfide) groups is 1. The van der Waals surface area contributed by atoms with Crippen LogP contribution in [0.5, 0.6) is 0 Å². The van der Waals surface area contributed by atoms with Gasteiger partial charge in [0.15, 0.2) is 0 Å². The Hall–Kier alpha value is -1.89. The van der Waals surface area contributed by atoms with Crippen LogP contribution in [-0.2, 0) is 4.79 Å². The first kappa shape index (κ1) is 13.5. The molecular formula is C12H15N5OS. The van der Waals surface area contributed by atoms with Crippen molar-refractivity contribution in [1.82, 2.24) is 20.2 Å². The van der Waals surface area contributed by atoms with E-state index in [0.717, 1.165) is 16.8 Å². The Morgan fingerprint density at radius 3 is 2.95 bits per heavy atom. The number of nitrogens with zero attached hydrogens (tertiary/aromatic N) is 4. The molecule has 0 aliphatic heterocycles. The second-order valence-electron chi connectivity index (χ2n) is 4.23. The minimum Gasteiger partial charge on any atom is -0.370 e. The van der Waals surface area contributed by atoms with Crippen molar-refractivity contribution in [2.75, 3.05) is 5.75 Å². The van der Waals surface area contributed by atoms with Crippen LogP contribution in [0.25, 0.3) is 5.69 Å². The van der Waals surface area contributed by atoms with Crippen LogP contribution in [0.2, 0.25) is 0 Å². The molecule has 0 saturated carbocycles. The average molecular weight is 277 g/mol. The molecule has 7 heteroatoms. The van der Waals surface area contributed by atoms with Gasteiger partial charge < -0.3 is 5.73 Å². The van der Waals surface area contributed by atoms with Crippen LogP contribution in [0.4, 0.5) is 0 Å². The van der Waals surface area contributed by atoms with Gasteiger partial charge in [-0.15, -0.1) is 5.10 Å². The SMILES string of the molecule is Cc1ccc(C)c(-n2nnnc2SCCC(N)=O)c1. The van der Waals surface area contributed by atoms with E-state index in [0.29, 0.717) is 17.3 Å². The molecule has 100 valence electrons. The van der Waals surface area contributed by atoms with E-state index in [1.54, 1.807) is 4.68 Å². The van der Waals surface area contributed by atoms with Crippen molar-refractivity contribution >= 4 is 17.7 Å². The summed E-state index contributed by atoms with van der Waals surface area (Å²) in [5.41, 5.74) is 8.30. The van der Waals surface area contributed by atoms with Gasteiger partial charge >= 0.3 is 0 Å². The van der Waals surface area contributed by atoms with Crippen molar-refractivity contribution in [3.8, 4) is 5.69 Å². The molecule has 6 nitrogen and oxygen atoms in total. The standard InChI is InChI=1S/C12H15N5OS/c1-8-3-4-9(2)10(7-8)17-12(14-15-16-17)19-6-5-11(13)18/h3-4,7H,5-6H2,1-2H3,(H2,13,18). The fourth-order valence-electron chi connectivity index (χ4n) is 1.61. The second kappa shape index (κ2) is 5.83. The molecule has 19 heavy (non-hydrogen) atoms. The second-order valence-corrected chi connectivity index (χ2v) is 5.29. The lowest BCUT2D eigenvalue weighted by molar-refractivity contribution is -0.117. The molecule has 2 N–H and O–H groups in total. The summed E-state index contributed by atoms with van der Waals surface area (Å²) in [6.45, 7) is 4.03. The zero-order valence-corrected chi connectivity index (χ0v) is 11.6. The number of tetrazole rings is 1. The van der Waals surface area contributed by atoms with Gasteiger partial charge in [-0.25, -0.2) is 0 Å². The summed E-state index contributed by atoms with van der Waals surface area (Å²) >= 11 is 1.42. The van der Waals surface area contributed by atoms with Crippen LogP contribution in [0.15, 0.2) is 23.4 Å². The predicted octanol–water partition coefficient (Wildman–Crippen LogP) is 1.25. The Morgan fingerprint density at radius 1 is 1.42 bits per heavy atom. The van der Waals surface area contributed by atoms with Gasteiger partial charge in [-0.1, -0.05) is 23.9 Å². The zero-order valence-electron chi connectivity index (χ0n) is 10.8. The Kier molecular flexibility index (Phi) is 4.16. The van der Waals surface area contributed by atoms with Crippen molar-refractivity contribution in [2.24, 2.45) is 5.73 Å². The number of aromatic nitrogens is 4. The number of aryl methyl sites for hydroxylation is 2. The van der Waals surface area contributed by atoms with Crippen LogP contribution in [0, 0.1) is 13.8 Å². The van der Waals surface area contributed by atoms with Crippen molar-refractivity contribution in [3.63, 3.8) is 0 Å². The minimum atomic E-state index is -0.321. The van der Waals surface area contributed by atoms with Gasteiger partial charge in [-0.2, -0.15) is 4.68 Å². The van der Waals surface area contributed by atoms with E-state index in [1.165, 1.54) is 11.8 Å². The normalized spacial score (nSPS) is 10.6. The molecule has 0 aliphatic carbocycles. The van der Waals surface area contributed by atoms with Gasteiger partial charge in [0.05, 0.1) is 5.69 Å². The molecule has 0 unspecified atom stereocenters. The van der Waals surface area contributed by atoms with E-state index in [1.807, 2.05) is 32.0 Å². The molecule has 0 aliphatic rings. The molecule has 1 amide bonds. The molecular weight excluding hydrogens is 262 g/mol. The quantitative estimate of drug-likeness (QED) is 0.831. The number of hydrogen-bond donors (Lipinski definition) is 1. The lowest BCUT2D eigenvalue weighted by Gasteiger charge is -2.08. The van der Waals surface area contributed by atoms with E-state index in [-0.39, 0.29) is 5.91 Å². The molecule has 1 heterocycles. The van der Waals surface area contributed by atoms with E-state index in [4.69, 9.17) is 5.73 Å². The molecule has 1 aromatic carbocycles. The number of hydrogen-bond acceptors (Lipinski definition) is 5. The lowest BCUT2D eigenvalue weighted by atomic mass is 10.1. The highest BCUT2D eigenvalue weighted by Gasteiger charge is 2.11. The Labute approximate surface area is 115 Å². The lowest BCUT2D eigenvalue weighted by Crippen LogP contribution is -2.11. The highest BCUT2D eigenvalue weighted by atomic mass is 32.2. The Morgan fingerprint density at radius 2 is 2.21 bits per heavy atom. The van der Waals surface area contributed by atoms with Crippen molar-refractivity contribution in [3.05, 3.63) is 29.3 Å². The molecule has 0 bridgehead atoms. The summed E-state index contributed by atoms with van der Waals surface area (Å²) in [5.74, 6) is 0.249. The fourth-order valence-corrected chi connectivity index (χ4v) is 2.45. The number of primary amides is 1. The van der Waals surface area contributed by atoms with Gasteiger partial charge in [0.2, 0.25) is 11.1 Å². The van der Waals surface area contributed by atoms with Gasteiger partial charge in [-0.05, 0) is 41.5 Å². The molecule has 0 fully saturated rings. The highest BCUT2D eigenvalue weighted by molar-refractivity contribution is 7.99. The third-order valence-electron chi connectivity index (χ3n) is 2.61. The first-order valence-electron chi connectivity index (χ1n) is 5.85. The summed E-state index contributed by atoms with van der Waals surface area (Å²) in [6.07, 6.45) is 0.310. The first-order chi connectivity index (χ1) is 9.08.